The standard InChI is InChI=1S/C18H27N3O3S.ClH/c1-13(19)14-7-10-20(11-8-14)18(22)16-5-6-17-15(12-16)4-3-9-21(17)25(2,23)24;/h5-6,12-14H,3-4,7-11,19H2,1-2H3;1H. The fourth-order valence-corrected chi connectivity index (χ4v) is 4.85. The molecular formula is C18H28ClN3O3S. The van der Waals surface area contributed by atoms with Gasteiger partial charge in [0.25, 0.3) is 5.91 Å². The van der Waals surface area contributed by atoms with Crippen LogP contribution < -0.4 is 10.0 Å². The Bertz CT molecular complexity index is 759. The molecule has 0 saturated carbocycles. The first-order valence-corrected chi connectivity index (χ1v) is 10.8. The summed E-state index contributed by atoms with van der Waals surface area (Å²) in [7, 11) is -3.28. The highest BCUT2D eigenvalue weighted by molar-refractivity contribution is 7.92. The van der Waals surface area contributed by atoms with Gasteiger partial charge >= 0.3 is 0 Å². The number of piperidine rings is 1. The van der Waals surface area contributed by atoms with Crippen LogP contribution in [0.3, 0.4) is 0 Å². The number of carbonyl (C=O) groups excluding carboxylic acids is 1. The van der Waals surface area contributed by atoms with E-state index >= 15 is 0 Å². The largest absolute Gasteiger partial charge is 0.339 e. The third-order valence-electron chi connectivity index (χ3n) is 5.37. The van der Waals surface area contributed by atoms with Crippen molar-refractivity contribution < 1.29 is 13.2 Å². The van der Waals surface area contributed by atoms with Gasteiger partial charge in [0.2, 0.25) is 10.0 Å². The normalized spacial score (nSPS) is 19.5. The van der Waals surface area contributed by atoms with Gasteiger partial charge in [-0.3, -0.25) is 9.10 Å². The zero-order valence-corrected chi connectivity index (χ0v) is 17.0. The number of nitrogens with two attached hydrogens (primary N) is 1. The van der Waals surface area contributed by atoms with E-state index in [-0.39, 0.29) is 24.4 Å². The Morgan fingerprint density at radius 3 is 2.46 bits per heavy atom. The number of nitrogens with zero attached hydrogens (tertiary/aromatic N) is 2. The Hall–Kier alpha value is -1.31. The van der Waals surface area contributed by atoms with Crippen molar-refractivity contribution in [1.29, 1.82) is 0 Å². The second-order valence-corrected chi connectivity index (χ2v) is 9.18. The van der Waals surface area contributed by atoms with Crippen LogP contribution in [-0.2, 0) is 16.4 Å². The van der Waals surface area contributed by atoms with Gasteiger partial charge in [-0.25, -0.2) is 8.42 Å². The van der Waals surface area contributed by atoms with Crippen LogP contribution in [0, 0.1) is 5.92 Å². The monoisotopic (exact) mass is 401 g/mol. The maximum atomic E-state index is 12.8. The minimum absolute atomic E-state index is 0. The summed E-state index contributed by atoms with van der Waals surface area (Å²) in [6.45, 7) is 4.00. The van der Waals surface area contributed by atoms with E-state index in [1.54, 1.807) is 12.1 Å². The summed E-state index contributed by atoms with van der Waals surface area (Å²) >= 11 is 0. The van der Waals surface area contributed by atoms with E-state index in [0.717, 1.165) is 44.3 Å². The van der Waals surface area contributed by atoms with E-state index in [4.69, 9.17) is 5.73 Å². The summed E-state index contributed by atoms with van der Waals surface area (Å²) in [5.74, 6) is 0.512. The van der Waals surface area contributed by atoms with Crippen molar-refractivity contribution in [3.63, 3.8) is 0 Å². The average molecular weight is 402 g/mol. The van der Waals surface area contributed by atoms with Crippen molar-refractivity contribution in [3.05, 3.63) is 29.3 Å². The molecule has 0 radical (unpaired) electrons. The van der Waals surface area contributed by atoms with Crippen molar-refractivity contribution >= 4 is 34.0 Å². The fourth-order valence-electron chi connectivity index (χ4n) is 3.85. The van der Waals surface area contributed by atoms with Crippen LogP contribution in [0.5, 0.6) is 0 Å². The molecule has 1 atom stereocenters. The summed E-state index contributed by atoms with van der Waals surface area (Å²) in [6.07, 6.45) is 4.68. The van der Waals surface area contributed by atoms with Gasteiger partial charge in [0.1, 0.15) is 0 Å². The lowest BCUT2D eigenvalue weighted by Crippen LogP contribution is -2.42. The Kier molecular flexibility index (Phi) is 6.58. The highest BCUT2D eigenvalue weighted by atomic mass is 35.5. The molecule has 8 heteroatoms. The van der Waals surface area contributed by atoms with Gasteiger partial charge in [-0.2, -0.15) is 0 Å². The molecule has 1 unspecified atom stereocenters. The summed E-state index contributed by atoms with van der Waals surface area (Å²) in [5, 5.41) is 0. The van der Waals surface area contributed by atoms with Crippen molar-refractivity contribution in [2.45, 2.75) is 38.6 Å². The Morgan fingerprint density at radius 2 is 1.88 bits per heavy atom. The molecule has 0 aliphatic carbocycles. The van der Waals surface area contributed by atoms with Crippen LogP contribution in [0.1, 0.15) is 42.1 Å². The maximum absolute atomic E-state index is 12.8. The van der Waals surface area contributed by atoms with Crippen LogP contribution in [0.25, 0.3) is 0 Å². The number of carbonyl (C=O) groups is 1. The zero-order chi connectivity index (χ0) is 18.2. The molecule has 1 aromatic carbocycles. The molecule has 146 valence electrons. The predicted octanol–water partition coefficient (Wildman–Crippen LogP) is 2.02. The SMILES string of the molecule is CC(N)C1CCN(C(=O)c2ccc3c(c2)CCCN3S(C)(=O)=O)CC1.Cl. The molecule has 0 spiro atoms. The molecule has 2 N–H and O–H groups in total. The quantitative estimate of drug-likeness (QED) is 0.839. The van der Waals surface area contributed by atoms with E-state index in [9.17, 15) is 13.2 Å². The predicted molar refractivity (Wildman–Crippen MR) is 106 cm³/mol. The Morgan fingerprint density at radius 1 is 1.23 bits per heavy atom. The molecule has 1 aromatic rings. The third-order valence-corrected chi connectivity index (χ3v) is 6.55. The number of benzene rings is 1. The fraction of sp³-hybridized carbons (Fsp3) is 0.611. The molecule has 2 aliphatic heterocycles. The highest BCUT2D eigenvalue weighted by Gasteiger charge is 2.28. The topological polar surface area (TPSA) is 83.7 Å². The number of hydrogen-bond acceptors (Lipinski definition) is 4. The number of anilines is 1. The van der Waals surface area contributed by atoms with Crippen molar-refractivity contribution in [2.24, 2.45) is 11.7 Å². The van der Waals surface area contributed by atoms with E-state index < -0.39 is 10.0 Å². The number of sulfonamides is 1. The number of rotatable bonds is 3. The first kappa shape index (κ1) is 21.0. The Balaban J connectivity index is 0.00000243. The molecule has 1 saturated heterocycles. The molecule has 1 amide bonds. The van der Waals surface area contributed by atoms with Crippen LogP contribution in [0.15, 0.2) is 18.2 Å². The summed E-state index contributed by atoms with van der Waals surface area (Å²) in [5.41, 5.74) is 8.26. The van der Waals surface area contributed by atoms with Gasteiger partial charge in [0.15, 0.2) is 0 Å². The van der Waals surface area contributed by atoms with Crippen LogP contribution in [0.2, 0.25) is 0 Å². The Labute approximate surface area is 162 Å². The lowest BCUT2D eigenvalue weighted by molar-refractivity contribution is 0.0681. The van der Waals surface area contributed by atoms with Crippen molar-refractivity contribution in [2.75, 3.05) is 30.2 Å². The van der Waals surface area contributed by atoms with Crippen LogP contribution in [-0.4, -0.2) is 51.2 Å². The van der Waals surface area contributed by atoms with Crippen LogP contribution in [0.4, 0.5) is 5.69 Å². The maximum Gasteiger partial charge on any atom is 0.253 e. The molecule has 1 fully saturated rings. The van der Waals surface area contributed by atoms with E-state index in [2.05, 4.69) is 0 Å². The molecule has 26 heavy (non-hydrogen) atoms. The van der Waals surface area contributed by atoms with Gasteiger partial charge in [-0.15, -0.1) is 12.4 Å². The van der Waals surface area contributed by atoms with Crippen LogP contribution >= 0.6 is 12.4 Å². The number of aryl methyl sites for hydroxylation is 1. The minimum atomic E-state index is -3.28. The smallest absolute Gasteiger partial charge is 0.253 e. The second kappa shape index (κ2) is 8.15. The molecule has 2 aliphatic rings. The summed E-state index contributed by atoms with van der Waals surface area (Å²) in [6, 6.07) is 5.56. The average Bonchev–Trinajstić information content (AvgIpc) is 2.59. The van der Waals surface area contributed by atoms with Gasteiger partial charge in [0.05, 0.1) is 11.9 Å². The minimum Gasteiger partial charge on any atom is -0.339 e. The van der Waals surface area contributed by atoms with Crippen molar-refractivity contribution in [1.82, 2.24) is 4.90 Å². The lowest BCUT2D eigenvalue weighted by atomic mass is 9.90. The summed E-state index contributed by atoms with van der Waals surface area (Å²) in [4.78, 5) is 14.7. The molecule has 6 nitrogen and oxygen atoms in total. The van der Waals surface area contributed by atoms with Gasteiger partial charge in [-0.05, 0) is 62.3 Å². The number of halogens is 1. The highest BCUT2D eigenvalue weighted by Crippen LogP contribution is 2.30. The molecule has 3 rings (SSSR count). The molecular weight excluding hydrogens is 374 g/mol. The first-order valence-electron chi connectivity index (χ1n) is 8.93. The summed E-state index contributed by atoms with van der Waals surface area (Å²) < 4.78 is 25.3. The van der Waals surface area contributed by atoms with E-state index in [0.29, 0.717) is 23.7 Å². The van der Waals surface area contributed by atoms with Crippen molar-refractivity contribution in [3.8, 4) is 0 Å². The van der Waals surface area contributed by atoms with E-state index in [1.165, 1.54) is 10.6 Å². The third kappa shape index (κ3) is 4.32. The second-order valence-electron chi connectivity index (χ2n) is 7.27. The number of amides is 1. The molecule has 0 bridgehead atoms. The number of fused-ring (bicyclic) bond motifs is 1. The van der Waals surface area contributed by atoms with Gasteiger partial charge in [0, 0.05) is 31.2 Å². The van der Waals surface area contributed by atoms with E-state index in [1.807, 2.05) is 17.9 Å². The van der Waals surface area contributed by atoms with Gasteiger partial charge < -0.3 is 10.6 Å². The molecule has 0 aromatic heterocycles. The lowest BCUT2D eigenvalue weighted by Gasteiger charge is -2.34. The van der Waals surface area contributed by atoms with Gasteiger partial charge in [-0.1, -0.05) is 0 Å². The first-order chi connectivity index (χ1) is 11.8. The molecule has 2 heterocycles. The number of hydrogen-bond donors (Lipinski definition) is 1. The number of likely N-dealkylation sites (tertiary alicyclic amines) is 1. The zero-order valence-electron chi connectivity index (χ0n) is 15.3.